The van der Waals surface area contributed by atoms with Crippen molar-refractivity contribution in [2.75, 3.05) is 20.3 Å². The van der Waals surface area contributed by atoms with Crippen LogP contribution in [0.5, 0.6) is 17.2 Å². The summed E-state index contributed by atoms with van der Waals surface area (Å²) in [5.74, 6) is -1.18. The Labute approximate surface area is 196 Å². The number of carbonyl (C=O) groups is 2. The summed E-state index contributed by atoms with van der Waals surface area (Å²) in [7, 11) is 1.52. The van der Waals surface area contributed by atoms with Crippen molar-refractivity contribution in [2.24, 2.45) is 0 Å². The van der Waals surface area contributed by atoms with E-state index in [4.69, 9.17) is 14.6 Å². The number of nitrogens with one attached hydrogen (secondary N) is 2. The lowest BCUT2D eigenvalue weighted by atomic mass is 10.1. The molecule has 2 aromatic carbocycles. The smallest absolute Gasteiger partial charge is 0.339 e. The van der Waals surface area contributed by atoms with Crippen molar-refractivity contribution < 1.29 is 29.3 Å². The van der Waals surface area contributed by atoms with Gasteiger partial charge in [0.1, 0.15) is 16.9 Å². The maximum Gasteiger partial charge on any atom is 0.339 e. The number of H-pyrrole nitrogens is 1. The van der Waals surface area contributed by atoms with Gasteiger partial charge in [-0.25, -0.2) is 4.79 Å². The first-order valence-corrected chi connectivity index (χ1v) is 11.1. The monoisotopic (exact) mass is 468 g/mol. The molecule has 3 rings (SSSR count). The van der Waals surface area contributed by atoms with E-state index in [1.165, 1.54) is 25.3 Å². The third kappa shape index (κ3) is 5.67. The molecule has 180 valence electrons. The van der Waals surface area contributed by atoms with Crippen LogP contribution in [0, 0.1) is 0 Å². The Bertz CT molecular complexity index is 1250. The number of ether oxygens (including phenoxy) is 2. The Balaban J connectivity index is 1.74. The first-order valence-electron chi connectivity index (χ1n) is 11.1. The van der Waals surface area contributed by atoms with E-state index < -0.39 is 17.4 Å². The first kappa shape index (κ1) is 24.6. The zero-order chi connectivity index (χ0) is 24.7. The number of benzene rings is 2. The van der Waals surface area contributed by atoms with Crippen LogP contribution >= 0.6 is 0 Å². The van der Waals surface area contributed by atoms with Crippen LogP contribution in [0.1, 0.15) is 52.5 Å². The van der Waals surface area contributed by atoms with Crippen LogP contribution in [-0.4, -0.2) is 47.3 Å². The Morgan fingerprint density at radius 3 is 2.56 bits per heavy atom. The third-order valence-corrected chi connectivity index (χ3v) is 5.39. The summed E-state index contributed by atoms with van der Waals surface area (Å²) in [5, 5.41) is 22.1. The van der Waals surface area contributed by atoms with Gasteiger partial charge in [-0.2, -0.15) is 0 Å². The average Bonchev–Trinajstić information content (AvgIpc) is 2.81. The highest BCUT2D eigenvalue weighted by atomic mass is 16.5. The number of rotatable bonds is 11. The molecule has 0 radical (unpaired) electrons. The van der Waals surface area contributed by atoms with E-state index in [-0.39, 0.29) is 23.4 Å². The summed E-state index contributed by atoms with van der Waals surface area (Å²) in [6.07, 6.45) is 3.30. The van der Waals surface area contributed by atoms with Gasteiger partial charge in [0, 0.05) is 11.9 Å². The van der Waals surface area contributed by atoms with Crippen LogP contribution in [0.2, 0.25) is 0 Å². The van der Waals surface area contributed by atoms with E-state index in [1.807, 2.05) is 0 Å². The van der Waals surface area contributed by atoms with Crippen molar-refractivity contribution in [1.82, 2.24) is 10.3 Å². The lowest BCUT2D eigenvalue weighted by Gasteiger charge is -2.14. The number of aromatic nitrogens is 1. The number of carbonyl (C=O) groups excluding carboxylic acids is 1. The molecule has 0 spiro atoms. The van der Waals surface area contributed by atoms with Gasteiger partial charge in [0.25, 0.3) is 11.5 Å². The summed E-state index contributed by atoms with van der Waals surface area (Å²) >= 11 is 0. The number of carboxylic acid groups (broad SMARTS) is 1. The molecular weight excluding hydrogens is 440 g/mol. The van der Waals surface area contributed by atoms with Crippen molar-refractivity contribution in [3.8, 4) is 17.2 Å². The molecule has 0 unspecified atom stereocenters. The van der Waals surface area contributed by atoms with Gasteiger partial charge in [-0.15, -0.1) is 0 Å². The second kappa shape index (κ2) is 11.2. The summed E-state index contributed by atoms with van der Waals surface area (Å²) < 4.78 is 11.3. The number of pyridine rings is 1. The van der Waals surface area contributed by atoms with Crippen molar-refractivity contribution in [3.05, 3.63) is 63.4 Å². The van der Waals surface area contributed by atoms with Crippen molar-refractivity contribution in [2.45, 2.75) is 32.6 Å². The fraction of sp³-hybridized carbons (Fsp3) is 0.320. The number of amides is 1. The number of hydrogen-bond acceptors (Lipinski definition) is 6. The molecule has 0 aliphatic carbocycles. The van der Waals surface area contributed by atoms with Crippen molar-refractivity contribution >= 4 is 22.8 Å². The number of fused-ring (bicyclic) bond motifs is 1. The van der Waals surface area contributed by atoms with Gasteiger partial charge in [0.2, 0.25) is 0 Å². The largest absolute Gasteiger partial charge is 0.507 e. The molecule has 0 atom stereocenters. The van der Waals surface area contributed by atoms with Gasteiger partial charge in [0.05, 0.1) is 19.2 Å². The molecule has 0 aliphatic rings. The summed E-state index contributed by atoms with van der Waals surface area (Å²) in [6, 6.07) is 9.19. The molecule has 9 heteroatoms. The average molecular weight is 469 g/mol. The number of unbranched alkanes of at least 4 members (excludes halogenated alkanes) is 2. The zero-order valence-electron chi connectivity index (χ0n) is 19.1. The van der Waals surface area contributed by atoms with E-state index >= 15 is 0 Å². The molecule has 9 nitrogen and oxygen atoms in total. The predicted octanol–water partition coefficient (Wildman–Crippen LogP) is 3.48. The molecule has 0 saturated heterocycles. The standard InChI is InChI=1S/C25H28N2O7/c1-3-4-5-12-34-22-20(33-2)9-7-16-14-18(24(30)27-21(16)22)23(29)26-11-10-15-6-8-17(25(31)32)19(28)13-15/h6-9,13-14,28H,3-5,10-12H2,1-2H3,(H,26,29)(H,27,30)(H,31,32). The van der Waals surface area contributed by atoms with Gasteiger partial charge >= 0.3 is 5.97 Å². The summed E-state index contributed by atoms with van der Waals surface area (Å²) in [4.78, 5) is 39.1. The lowest BCUT2D eigenvalue weighted by molar-refractivity contribution is 0.0693. The number of aromatic hydroxyl groups is 1. The topological polar surface area (TPSA) is 138 Å². The van der Waals surface area contributed by atoms with Crippen LogP contribution in [0.4, 0.5) is 0 Å². The lowest BCUT2D eigenvalue weighted by Crippen LogP contribution is -2.31. The molecule has 1 heterocycles. The first-order chi connectivity index (χ1) is 16.3. The quantitative estimate of drug-likeness (QED) is 0.316. The number of methoxy groups -OCH3 is 1. The Kier molecular flexibility index (Phi) is 8.13. The molecule has 34 heavy (non-hydrogen) atoms. The highest BCUT2D eigenvalue weighted by Gasteiger charge is 2.17. The molecule has 0 fully saturated rings. The molecule has 0 aliphatic heterocycles. The molecule has 1 amide bonds. The van der Waals surface area contributed by atoms with E-state index in [9.17, 15) is 19.5 Å². The van der Waals surface area contributed by atoms with Crippen LogP contribution < -0.4 is 20.3 Å². The van der Waals surface area contributed by atoms with Crippen LogP contribution in [-0.2, 0) is 6.42 Å². The Morgan fingerprint density at radius 1 is 1.09 bits per heavy atom. The van der Waals surface area contributed by atoms with Gasteiger partial charge in [-0.1, -0.05) is 25.8 Å². The fourth-order valence-corrected chi connectivity index (χ4v) is 3.56. The highest BCUT2D eigenvalue weighted by molar-refractivity contribution is 5.98. The van der Waals surface area contributed by atoms with Crippen molar-refractivity contribution in [3.63, 3.8) is 0 Å². The second-order valence-electron chi connectivity index (χ2n) is 7.79. The molecular formula is C25H28N2O7. The summed E-state index contributed by atoms with van der Waals surface area (Å²) in [5.41, 5.74) is 0.318. The minimum atomic E-state index is -1.22. The maximum absolute atomic E-state index is 12.7. The van der Waals surface area contributed by atoms with Crippen LogP contribution in [0.25, 0.3) is 10.9 Å². The van der Waals surface area contributed by atoms with Gasteiger partial charge in [-0.3, -0.25) is 9.59 Å². The fourth-order valence-electron chi connectivity index (χ4n) is 3.56. The third-order valence-electron chi connectivity index (χ3n) is 5.39. The van der Waals surface area contributed by atoms with Gasteiger partial charge in [-0.05, 0) is 48.7 Å². The molecule has 0 saturated carbocycles. The van der Waals surface area contributed by atoms with E-state index in [0.717, 1.165) is 19.3 Å². The van der Waals surface area contributed by atoms with Crippen molar-refractivity contribution in [1.29, 1.82) is 0 Å². The highest BCUT2D eigenvalue weighted by Crippen LogP contribution is 2.34. The van der Waals surface area contributed by atoms with E-state index in [2.05, 4.69) is 17.2 Å². The summed E-state index contributed by atoms with van der Waals surface area (Å²) in [6.45, 7) is 2.77. The predicted molar refractivity (Wildman–Crippen MR) is 127 cm³/mol. The van der Waals surface area contributed by atoms with Gasteiger partial charge in [0.15, 0.2) is 11.5 Å². The molecule has 1 aromatic heterocycles. The number of aromatic amines is 1. The number of aromatic carboxylic acids is 1. The SMILES string of the molecule is CCCCCOc1c(OC)ccc2cc(C(=O)NCCc3ccc(C(=O)O)c(O)c3)c(=O)[nH]c12. The van der Waals surface area contributed by atoms with Crippen LogP contribution in [0.15, 0.2) is 41.2 Å². The minimum absolute atomic E-state index is 0.0429. The minimum Gasteiger partial charge on any atom is -0.507 e. The normalized spacial score (nSPS) is 10.8. The zero-order valence-corrected chi connectivity index (χ0v) is 19.1. The maximum atomic E-state index is 12.7. The number of phenols is 1. The molecule has 3 aromatic rings. The number of carboxylic acids is 1. The molecule has 0 bridgehead atoms. The van der Waals surface area contributed by atoms with E-state index in [0.29, 0.717) is 41.0 Å². The molecule has 4 N–H and O–H groups in total. The second-order valence-corrected chi connectivity index (χ2v) is 7.79. The Morgan fingerprint density at radius 2 is 1.88 bits per heavy atom. The van der Waals surface area contributed by atoms with Crippen LogP contribution in [0.3, 0.4) is 0 Å². The Hall–Kier alpha value is -4.01. The number of hydrogen-bond donors (Lipinski definition) is 4. The van der Waals surface area contributed by atoms with Gasteiger partial charge < -0.3 is 30.0 Å². The van der Waals surface area contributed by atoms with E-state index in [1.54, 1.807) is 18.2 Å².